The summed E-state index contributed by atoms with van der Waals surface area (Å²) in [6.45, 7) is 4.31. The monoisotopic (exact) mass is 346 g/mol. The Hall–Kier alpha value is -1.07. The molecule has 1 aromatic rings. The van der Waals surface area contributed by atoms with Crippen molar-refractivity contribution >= 4 is 39.3 Å². The molecule has 0 aliphatic rings. The highest BCUT2D eigenvalue weighted by atomic mass is 79.9. The molecule has 0 saturated heterocycles. The van der Waals surface area contributed by atoms with E-state index in [4.69, 9.17) is 17.3 Å². The zero-order valence-electron chi connectivity index (χ0n) is 10.8. The SMILES string of the molecule is CC(C)CN(CC(N)=O)C(=O)c1ccc(Br)c(Cl)c1. The molecule has 1 rings (SSSR count). The first-order valence-corrected chi connectivity index (χ1v) is 7.01. The molecule has 104 valence electrons. The van der Waals surface area contributed by atoms with Gasteiger partial charge in [-0.25, -0.2) is 0 Å². The van der Waals surface area contributed by atoms with Crippen LogP contribution in [0.1, 0.15) is 24.2 Å². The summed E-state index contributed by atoms with van der Waals surface area (Å²) in [6.07, 6.45) is 0. The Balaban J connectivity index is 2.97. The van der Waals surface area contributed by atoms with Gasteiger partial charge in [0.15, 0.2) is 0 Å². The second-order valence-corrected chi connectivity index (χ2v) is 5.94. The van der Waals surface area contributed by atoms with Crippen molar-refractivity contribution in [2.45, 2.75) is 13.8 Å². The Morgan fingerprint density at radius 3 is 2.53 bits per heavy atom. The molecule has 0 heterocycles. The lowest BCUT2D eigenvalue weighted by Crippen LogP contribution is -2.40. The van der Waals surface area contributed by atoms with Gasteiger partial charge in [-0.15, -0.1) is 0 Å². The second-order valence-electron chi connectivity index (χ2n) is 4.67. The van der Waals surface area contributed by atoms with Gasteiger partial charge in [0, 0.05) is 16.6 Å². The molecule has 0 aliphatic heterocycles. The van der Waals surface area contributed by atoms with Crippen molar-refractivity contribution in [3.05, 3.63) is 33.3 Å². The van der Waals surface area contributed by atoms with E-state index < -0.39 is 5.91 Å². The zero-order valence-corrected chi connectivity index (χ0v) is 13.2. The minimum Gasteiger partial charge on any atom is -0.368 e. The molecule has 0 saturated carbocycles. The van der Waals surface area contributed by atoms with Crippen LogP contribution in [0.25, 0.3) is 0 Å². The number of nitrogens with zero attached hydrogens (tertiary/aromatic N) is 1. The lowest BCUT2D eigenvalue weighted by Gasteiger charge is -2.23. The Morgan fingerprint density at radius 1 is 1.42 bits per heavy atom. The van der Waals surface area contributed by atoms with Gasteiger partial charge in [0.2, 0.25) is 5.91 Å². The maximum absolute atomic E-state index is 12.3. The highest BCUT2D eigenvalue weighted by Crippen LogP contribution is 2.24. The van der Waals surface area contributed by atoms with Gasteiger partial charge in [-0.3, -0.25) is 9.59 Å². The zero-order chi connectivity index (χ0) is 14.6. The van der Waals surface area contributed by atoms with Crippen LogP contribution in [0.2, 0.25) is 5.02 Å². The number of hydrogen-bond acceptors (Lipinski definition) is 2. The topological polar surface area (TPSA) is 63.4 Å². The Labute approximate surface area is 126 Å². The number of benzene rings is 1. The quantitative estimate of drug-likeness (QED) is 0.890. The van der Waals surface area contributed by atoms with E-state index in [9.17, 15) is 9.59 Å². The maximum Gasteiger partial charge on any atom is 0.254 e. The third-order valence-corrected chi connectivity index (χ3v) is 3.62. The lowest BCUT2D eigenvalue weighted by molar-refractivity contribution is -0.118. The first kappa shape index (κ1) is 16.0. The van der Waals surface area contributed by atoms with E-state index >= 15 is 0 Å². The number of halogens is 2. The molecule has 6 heteroatoms. The van der Waals surface area contributed by atoms with Crippen molar-refractivity contribution < 1.29 is 9.59 Å². The summed E-state index contributed by atoms with van der Waals surface area (Å²) in [5.41, 5.74) is 5.61. The molecule has 0 spiro atoms. The van der Waals surface area contributed by atoms with E-state index in [1.165, 1.54) is 4.90 Å². The van der Waals surface area contributed by atoms with Gasteiger partial charge in [0.25, 0.3) is 5.91 Å². The van der Waals surface area contributed by atoms with E-state index in [1.807, 2.05) is 13.8 Å². The van der Waals surface area contributed by atoms with Crippen LogP contribution in [0.15, 0.2) is 22.7 Å². The largest absolute Gasteiger partial charge is 0.368 e. The number of amides is 2. The van der Waals surface area contributed by atoms with Crippen molar-refractivity contribution in [1.29, 1.82) is 0 Å². The van der Waals surface area contributed by atoms with E-state index in [0.29, 0.717) is 17.1 Å². The Kier molecular flexibility index (Phi) is 5.82. The van der Waals surface area contributed by atoms with Gasteiger partial charge in [-0.2, -0.15) is 0 Å². The van der Waals surface area contributed by atoms with E-state index in [0.717, 1.165) is 4.47 Å². The summed E-state index contributed by atoms with van der Waals surface area (Å²) in [7, 11) is 0. The molecule has 1 aromatic carbocycles. The van der Waals surface area contributed by atoms with Crippen LogP contribution >= 0.6 is 27.5 Å². The van der Waals surface area contributed by atoms with E-state index in [1.54, 1.807) is 18.2 Å². The fraction of sp³-hybridized carbons (Fsp3) is 0.385. The van der Waals surface area contributed by atoms with Crippen LogP contribution in [0.5, 0.6) is 0 Å². The molecule has 0 aliphatic carbocycles. The maximum atomic E-state index is 12.3. The molecule has 0 atom stereocenters. The molecule has 19 heavy (non-hydrogen) atoms. The number of carbonyl (C=O) groups excluding carboxylic acids is 2. The van der Waals surface area contributed by atoms with Gasteiger partial charge in [0.1, 0.15) is 0 Å². The average Bonchev–Trinajstić information content (AvgIpc) is 2.29. The molecule has 0 fully saturated rings. The van der Waals surface area contributed by atoms with Gasteiger partial charge in [-0.05, 0) is 40.0 Å². The van der Waals surface area contributed by atoms with Gasteiger partial charge < -0.3 is 10.6 Å². The summed E-state index contributed by atoms with van der Waals surface area (Å²) in [5, 5.41) is 0.453. The van der Waals surface area contributed by atoms with Crippen LogP contribution in [0.4, 0.5) is 0 Å². The molecule has 4 nitrogen and oxygen atoms in total. The van der Waals surface area contributed by atoms with E-state index in [2.05, 4.69) is 15.9 Å². The normalized spacial score (nSPS) is 10.6. The summed E-state index contributed by atoms with van der Waals surface area (Å²) < 4.78 is 0.719. The molecule has 2 amide bonds. The fourth-order valence-corrected chi connectivity index (χ4v) is 2.09. The lowest BCUT2D eigenvalue weighted by atomic mass is 10.1. The third kappa shape index (κ3) is 4.84. The molecular formula is C13H16BrClN2O2. The average molecular weight is 348 g/mol. The second kappa shape index (κ2) is 6.91. The standard InChI is InChI=1S/C13H16BrClN2O2/c1-8(2)6-17(7-12(16)18)13(19)9-3-4-10(14)11(15)5-9/h3-5,8H,6-7H2,1-2H3,(H2,16,18). The van der Waals surface area contributed by atoms with Gasteiger partial charge in [-0.1, -0.05) is 25.4 Å². The minimum absolute atomic E-state index is 0.0926. The first-order valence-electron chi connectivity index (χ1n) is 5.84. The highest BCUT2D eigenvalue weighted by Gasteiger charge is 2.19. The van der Waals surface area contributed by atoms with Crippen LogP contribution in [-0.4, -0.2) is 29.8 Å². The van der Waals surface area contributed by atoms with Crippen LogP contribution < -0.4 is 5.73 Å². The predicted octanol–water partition coefficient (Wildman–Crippen LogP) is 2.69. The van der Waals surface area contributed by atoms with Crippen molar-refractivity contribution in [1.82, 2.24) is 4.90 Å². The van der Waals surface area contributed by atoms with Crippen molar-refractivity contribution in [2.75, 3.05) is 13.1 Å². The highest BCUT2D eigenvalue weighted by molar-refractivity contribution is 9.10. The molecule has 0 radical (unpaired) electrons. The van der Waals surface area contributed by atoms with Crippen molar-refractivity contribution in [3.63, 3.8) is 0 Å². The van der Waals surface area contributed by atoms with Crippen molar-refractivity contribution in [3.8, 4) is 0 Å². The predicted molar refractivity (Wildman–Crippen MR) is 79.1 cm³/mol. The van der Waals surface area contributed by atoms with Crippen LogP contribution in [0.3, 0.4) is 0 Å². The van der Waals surface area contributed by atoms with Gasteiger partial charge >= 0.3 is 0 Å². The number of carbonyl (C=O) groups is 2. The summed E-state index contributed by atoms with van der Waals surface area (Å²) in [5.74, 6) is -0.534. The van der Waals surface area contributed by atoms with Gasteiger partial charge in [0.05, 0.1) is 11.6 Å². The van der Waals surface area contributed by atoms with E-state index in [-0.39, 0.29) is 18.4 Å². The van der Waals surface area contributed by atoms with Crippen LogP contribution in [0, 0.1) is 5.92 Å². The molecule has 0 aromatic heterocycles. The minimum atomic E-state index is -0.530. The summed E-state index contributed by atoms with van der Waals surface area (Å²) in [4.78, 5) is 24.8. The fourth-order valence-electron chi connectivity index (χ4n) is 1.66. The number of nitrogens with two attached hydrogens (primary N) is 1. The molecular weight excluding hydrogens is 332 g/mol. The summed E-state index contributed by atoms with van der Waals surface area (Å²) in [6, 6.07) is 4.93. The number of hydrogen-bond donors (Lipinski definition) is 1. The third-order valence-electron chi connectivity index (χ3n) is 2.39. The summed E-state index contributed by atoms with van der Waals surface area (Å²) >= 11 is 9.23. The molecule has 0 unspecified atom stereocenters. The van der Waals surface area contributed by atoms with Crippen LogP contribution in [-0.2, 0) is 4.79 Å². The number of rotatable bonds is 5. The van der Waals surface area contributed by atoms with Crippen molar-refractivity contribution in [2.24, 2.45) is 11.7 Å². The molecule has 0 bridgehead atoms. The Morgan fingerprint density at radius 2 is 2.05 bits per heavy atom. The number of primary amides is 1. The molecule has 2 N–H and O–H groups in total. The first-order chi connectivity index (χ1) is 8.81. The Bertz CT molecular complexity index is 492. The smallest absolute Gasteiger partial charge is 0.254 e.